The molecule has 0 saturated carbocycles. The molecule has 2 aromatic rings. The van der Waals surface area contributed by atoms with Gasteiger partial charge in [0.05, 0.1) is 10.6 Å². The van der Waals surface area contributed by atoms with Crippen molar-refractivity contribution in [2.45, 2.75) is 31.3 Å². The number of benzene rings is 2. The highest BCUT2D eigenvalue weighted by molar-refractivity contribution is 7.99. The van der Waals surface area contributed by atoms with E-state index in [1.54, 1.807) is 41.3 Å². The second kappa shape index (κ2) is 8.31. The minimum Gasteiger partial charge on any atom is -0.352 e. The summed E-state index contributed by atoms with van der Waals surface area (Å²) in [7, 11) is 0. The highest BCUT2D eigenvalue weighted by atomic mass is 35.5. The number of carbonyl (C=O) groups excluding carboxylic acids is 2. The van der Waals surface area contributed by atoms with Gasteiger partial charge in [-0.1, -0.05) is 35.9 Å². The molecular weight excluding hydrogens is 387 g/mol. The molecule has 0 spiro atoms. The molecule has 7 heteroatoms. The molecule has 4 nitrogen and oxygen atoms in total. The standard InChI is InChI=1S/C20H20ClFN2O2S/c1-12(2)23-18(25)17-11-27-20(13-7-9-14(22)10-8-13)24(17)19(26)15-5-3-4-6-16(15)21/h3-10,12,17,20H,11H2,1-2H3,(H,23,25)/t17-,20-/m1/s1. The number of amides is 2. The van der Waals surface area contributed by atoms with Gasteiger partial charge in [-0.25, -0.2) is 4.39 Å². The van der Waals surface area contributed by atoms with Gasteiger partial charge in [0.1, 0.15) is 17.2 Å². The van der Waals surface area contributed by atoms with Gasteiger partial charge in [-0.05, 0) is 43.7 Å². The number of carbonyl (C=O) groups is 2. The smallest absolute Gasteiger partial charge is 0.257 e. The Morgan fingerprint density at radius 3 is 2.48 bits per heavy atom. The van der Waals surface area contributed by atoms with Crippen LogP contribution in [0.4, 0.5) is 4.39 Å². The Morgan fingerprint density at radius 2 is 1.85 bits per heavy atom. The third-order valence-electron chi connectivity index (χ3n) is 4.23. The minimum atomic E-state index is -0.628. The molecule has 3 rings (SSSR count). The molecule has 1 fully saturated rings. The van der Waals surface area contributed by atoms with Crippen LogP contribution >= 0.6 is 23.4 Å². The van der Waals surface area contributed by atoms with Crippen LogP contribution in [0, 0.1) is 5.82 Å². The Balaban J connectivity index is 1.99. The lowest BCUT2D eigenvalue weighted by Crippen LogP contribution is -2.49. The van der Waals surface area contributed by atoms with E-state index in [0.29, 0.717) is 16.3 Å². The van der Waals surface area contributed by atoms with E-state index < -0.39 is 11.4 Å². The monoisotopic (exact) mass is 406 g/mol. The van der Waals surface area contributed by atoms with Gasteiger partial charge in [0.2, 0.25) is 5.91 Å². The van der Waals surface area contributed by atoms with Crippen molar-refractivity contribution in [3.05, 3.63) is 70.5 Å². The van der Waals surface area contributed by atoms with Crippen LogP contribution in [0.3, 0.4) is 0 Å². The van der Waals surface area contributed by atoms with Crippen LogP contribution in [0.25, 0.3) is 0 Å². The number of nitrogens with zero attached hydrogens (tertiary/aromatic N) is 1. The zero-order chi connectivity index (χ0) is 19.6. The predicted molar refractivity (Wildman–Crippen MR) is 106 cm³/mol. The molecule has 2 aromatic carbocycles. The fourth-order valence-corrected chi connectivity index (χ4v) is 4.64. The fourth-order valence-electron chi connectivity index (χ4n) is 3.00. The summed E-state index contributed by atoms with van der Waals surface area (Å²) in [4.78, 5) is 27.6. The van der Waals surface area contributed by atoms with E-state index in [-0.39, 0.29) is 23.7 Å². The number of rotatable bonds is 4. The summed E-state index contributed by atoms with van der Waals surface area (Å²) in [6, 6.07) is 12.1. The zero-order valence-electron chi connectivity index (χ0n) is 15.0. The molecule has 0 bridgehead atoms. The third kappa shape index (κ3) is 4.28. The first-order valence-corrected chi connectivity index (χ1v) is 10.1. The highest BCUT2D eigenvalue weighted by Crippen LogP contribution is 2.42. The van der Waals surface area contributed by atoms with Gasteiger partial charge in [-0.3, -0.25) is 9.59 Å². The maximum Gasteiger partial charge on any atom is 0.257 e. The van der Waals surface area contributed by atoms with Gasteiger partial charge in [-0.15, -0.1) is 11.8 Å². The van der Waals surface area contributed by atoms with Crippen molar-refractivity contribution in [2.24, 2.45) is 0 Å². The molecular formula is C20H20ClFN2O2S. The number of hydrogen-bond donors (Lipinski definition) is 1. The summed E-state index contributed by atoms with van der Waals surface area (Å²) in [5.41, 5.74) is 1.11. The molecule has 1 aliphatic rings. The second-order valence-electron chi connectivity index (χ2n) is 6.61. The van der Waals surface area contributed by atoms with Crippen LogP contribution in [0.15, 0.2) is 48.5 Å². The molecule has 1 aliphatic heterocycles. The van der Waals surface area contributed by atoms with Gasteiger partial charge in [0.15, 0.2) is 0 Å². The van der Waals surface area contributed by atoms with E-state index in [1.165, 1.54) is 23.9 Å². The summed E-state index contributed by atoms with van der Waals surface area (Å²) in [6.07, 6.45) is 0. The quantitative estimate of drug-likeness (QED) is 0.825. The molecule has 2 atom stereocenters. The van der Waals surface area contributed by atoms with Crippen molar-refractivity contribution >= 4 is 35.2 Å². The van der Waals surface area contributed by atoms with Gasteiger partial charge in [-0.2, -0.15) is 0 Å². The van der Waals surface area contributed by atoms with E-state index in [9.17, 15) is 14.0 Å². The largest absolute Gasteiger partial charge is 0.352 e. The summed E-state index contributed by atoms with van der Waals surface area (Å²) < 4.78 is 13.3. The number of halogens is 2. The number of hydrogen-bond acceptors (Lipinski definition) is 3. The van der Waals surface area contributed by atoms with Gasteiger partial charge < -0.3 is 10.2 Å². The molecule has 142 valence electrons. The average molecular weight is 407 g/mol. The van der Waals surface area contributed by atoms with Crippen LogP contribution < -0.4 is 5.32 Å². The Kier molecular flexibility index (Phi) is 6.07. The van der Waals surface area contributed by atoms with Crippen LogP contribution in [-0.4, -0.2) is 34.6 Å². The SMILES string of the molecule is CC(C)NC(=O)[C@H]1CS[C@H](c2ccc(F)cc2)N1C(=O)c1ccccc1Cl. The molecule has 0 radical (unpaired) electrons. The Bertz CT molecular complexity index is 844. The highest BCUT2D eigenvalue weighted by Gasteiger charge is 2.43. The van der Waals surface area contributed by atoms with Crippen molar-refractivity contribution in [3.8, 4) is 0 Å². The lowest BCUT2D eigenvalue weighted by Gasteiger charge is -2.30. The van der Waals surface area contributed by atoms with Crippen molar-refractivity contribution in [3.63, 3.8) is 0 Å². The fraction of sp³-hybridized carbons (Fsp3) is 0.300. The summed E-state index contributed by atoms with van der Waals surface area (Å²) in [6.45, 7) is 3.75. The molecule has 1 saturated heterocycles. The predicted octanol–water partition coefficient (Wildman–Crippen LogP) is 4.26. The molecule has 0 aliphatic carbocycles. The van der Waals surface area contributed by atoms with Crippen LogP contribution in [-0.2, 0) is 4.79 Å². The molecule has 27 heavy (non-hydrogen) atoms. The van der Waals surface area contributed by atoms with Gasteiger partial charge in [0.25, 0.3) is 5.91 Å². The van der Waals surface area contributed by atoms with Crippen molar-refractivity contribution in [1.82, 2.24) is 10.2 Å². The summed E-state index contributed by atoms with van der Waals surface area (Å²) >= 11 is 7.70. The zero-order valence-corrected chi connectivity index (χ0v) is 16.6. The first-order chi connectivity index (χ1) is 12.9. The molecule has 1 N–H and O–H groups in total. The topological polar surface area (TPSA) is 49.4 Å². The lowest BCUT2D eigenvalue weighted by molar-refractivity contribution is -0.125. The summed E-state index contributed by atoms with van der Waals surface area (Å²) in [5, 5.41) is 2.82. The van der Waals surface area contributed by atoms with E-state index in [2.05, 4.69) is 5.32 Å². The van der Waals surface area contributed by atoms with Crippen LogP contribution in [0.5, 0.6) is 0 Å². The summed E-state index contributed by atoms with van der Waals surface area (Å²) in [5.74, 6) is -0.414. The first-order valence-electron chi connectivity index (χ1n) is 8.63. The average Bonchev–Trinajstić information content (AvgIpc) is 3.07. The van der Waals surface area contributed by atoms with Gasteiger partial charge >= 0.3 is 0 Å². The molecule has 0 aromatic heterocycles. The Hall–Kier alpha value is -2.05. The van der Waals surface area contributed by atoms with Crippen molar-refractivity contribution in [1.29, 1.82) is 0 Å². The molecule has 2 amide bonds. The Morgan fingerprint density at radius 1 is 1.19 bits per heavy atom. The molecule has 0 unspecified atom stereocenters. The van der Waals surface area contributed by atoms with Gasteiger partial charge in [0, 0.05) is 11.8 Å². The van der Waals surface area contributed by atoms with E-state index in [0.717, 1.165) is 5.56 Å². The van der Waals surface area contributed by atoms with Crippen molar-refractivity contribution < 1.29 is 14.0 Å². The lowest BCUT2D eigenvalue weighted by atomic mass is 10.1. The second-order valence-corrected chi connectivity index (χ2v) is 8.13. The van der Waals surface area contributed by atoms with E-state index in [4.69, 9.17) is 11.6 Å². The molecule has 1 heterocycles. The third-order valence-corrected chi connectivity index (χ3v) is 5.88. The van der Waals surface area contributed by atoms with Crippen molar-refractivity contribution in [2.75, 3.05) is 5.75 Å². The minimum absolute atomic E-state index is 0.0374. The maximum atomic E-state index is 13.3. The van der Waals surface area contributed by atoms with Crippen LogP contribution in [0.1, 0.15) is 35.1 Å². The van der Waals surface area contributed by atoms with Crippen LogP contribution in [0.2, 0.25) is 5.02 Å². The maximum absolute atomic E-state index is 13.3. The van der Waals surface area contributed by atoms with E-state index >= 15 is 0 Å². The Labute approximate surface area is 167 Å². The number of nitrogens with one attached hydrogen (secondary N) is 1. The first kappa shape index (κ1) is 19.7. The number of thioether (sulfide) groups is 1. The normalized spacial score (nSPS) is 19.4. The van der Waals surface area contributed by atoms with E-state index in [1.807, 2.05) is 13.8 Å².